The van der Waals surface area contributed by atoms with Crippen molar-refractivity contribution in [2.24, 2.45) is 4.99 Å². The van der Waals surface area contributed by atoms with E-state index >= 15 is 0 Å². The van der Waals surface area contributed by atoms with Gasteiger partial charge < -0.3 is 20.3 Å². The maximum atomic E-state index is 5.19. The first-order valence-electron chi connectivity index (χ1n) is 9.51. The van der Waals surface area contributed by atoms with Crippen LogP contribution in [0.15, 0.2) is 59.6 Å². The molecule has 27 heavy (non-hydrogen) atoms. The minimum absolute atomic E-state index is 0.847. The van der Waals surface area contributed by atoms with Crippen LogP contribution in [0.2, 0.25) is 0 Å². The van der Waals surface area contributed by atoms with Crippen LogP contribution in [0.5, 0.6) is 5.75 Å². The van der Waals surface area contributed by atoms with Gasteiger partial charge in [-0.25, -0.2) is 0 Å². The van der Waals surface area contributed by atoms with Gasteiger partial charge in [0.1, 0.15) is 5.75 Å². The molecule has 0 saturated heterocycles. The Hall–Kier alpha value is -2.53. The average Bonchev–Trinajstić information content (AvgIpc) is 2.71. The lowest BCUT2D eigenvalue weighted by molar-refractivity contribution is 0.322. The van der Waals surface area contributed by atoms with E-state index in [0.717, 1.165) is 50.7 Å². The standard InChI is InChI=1S/C22H32N4O/c1-23-22(25-16-14-19-10-12-21(27-3)13-11-19)24-15-7-17-26(2)18-20-8-5-4-6-9-20/h4-6,8-13H,7,14-18H2,1-3H3,(H2,23,24,25). The molecule has 0 aliphatic rings. The maximum absolute atomic E-state index is 5.19. The number of hydrogen-bond acceptors (Lipinski definition) is 3. The molecule has 0 atom stereocenters. The Labute approximate surface area is 163 Å². The third-order valence-corrected chi connectivity index (χ3v) is 4.39. The summed E-state index contributed by atoms with van der Waals surface area (Å²) in [5.74, 6) is 1.75. The Morgan fingerprint density at radius 3 is 2.33 bits per heavy atom. The molecule has 0 unspecified atom stereocenters. The van der Waals surface area contributed by atoms with E-state index in [1.807, 2.05) is 19.2 Å². The fraction of sp³-hybridized carbons (Fsp3) is 0.409. The molecule has 0 spiro atoms. The highest BCUT2D eigenvalue weighted by atomic mass is 16.5. The van der Waals surface area contributed by atoms with Crippen LogP contribution in [-0.2, 0) is 13.0 Å². The number of rotatable bonds is 10. The Bertz CT molecular complexity index is 670. The molecule has 0 aliphatic heterocycles. The zero-order chi connectivity index (χ0) is 19.3. The van der Waals surface area contributed by atoms with Gasteiger partial charge >= 0.3 is 0 Å². The first kappa shape index (κ1) is 20.8. The Kier molecular flexibility index (Phi) is 9.21. The molecule has 2 rings (SSSR count). The molecule has 0 saturated carbocycles. The predicted octanol–water partition coefficient (Wildman–Crippen LogP) is 2.92. The lowest BCUT2D eigenvalue weighted by atomic mass is 10.1. The van der Waals surface area contributed by atoms with Gasteiger partial charge in [-0.1, -0.05) is 42.5 Å². The third-order valence-electron chi connectivity index (χ3n) is 4.39. The number of benzene rings is 2. The van der Waals surface area contributed by atoms with Gasteiger partial charge in [0.2, 0.25) is 0 Å². The van der Waals surface area contributed by atoms with Crippen LogP contribution in [0.25, 0.3) is 0 Å². The molecule has 2 aromatic rings. The van der Waals surface area contributed by atoms with Crippen molar-refractivity contribution in [3.8, 4) is 5.75 Å². The molecule has 146 valence electrons. The highest BCUT2D eigenvalue weighted by Gasteiger charge is 2.01. The second-order valence-electron chi connectivity index (χ2n) is 6.60. The average molecular weight is 369 g/mol. The van der Waals surface area contributed by atoms with E-state index in [1.54, 1.807) is 7.11 Å². The number of methoxy groups -OCH3 is 1. The summed E-state index contributed by atoms with van der Waals surface area (Å²) >= 11 is 0. The van der Waals surface area contributed by atoms with Crippen LogP contribution >= 0.6 is 0 Å². The fourth-order valence-electron chi connectivity index (χ4n) is 2.87. The summed E-state index contributed by atoms with van der Waals surface area (Å²) in [4.78, 5) is 6.64. The molecule has 0 radical (unpaired) electrons. The summed E-state index contributed by atoms with van der Waals surface area (Å²) < 4.78 is 5.19. The van der Waals surface area contributed by atoms with Gasteiger partial charge in [-0.05, 0) is 49.7 Å². The quantitative estimate of drug-likeness (QED) is 0.385. The van der Waals surface area contributed by atoms with Crippen molar-refractivity contribution in [2.75, 3.05) is 40.8 Å². The Morgan fingerprint density at radius 2 is 1.67 bits per heavy atom. The SMILES string of the molecule is CN=C(NCCCN(C)Cc1ccccc1)NCCc1ccc(OC)cc1. The molecule has 2 N–H and O–H groups in total. The van der Waals surface area contributed by atoms with Crippen LogP contribution in [0.3, 0.4) is 0 Å². The van der Waals surface area contributed by atoms with Crippen molar-refractivity contribution in [1.82, 2.24) is 15.5 Å². The van der Waals surface area contributed by atoms with Gasteiger partial charge in [0.15, 0.2) is 5.96 Å². The van der Waals surface area contributed by atoms with Crippen LogP contribution < -0.4 is 15.4 Å². The minimum atomic E-state index is 0.847. The summed E-state index contributed by atoms with van der Waals surface area (Å²) in [6, 6.07) is 18.8. The Morgan fingerprint density at radius 1 is 0.963 bits per heavy atom. The number of aliphatic imine (C=N–C) groups is 1. The van der Waals surface area contributed by atoms with Gasteiger partial charge in [0.05, 0.1) is 7.11 Å². The maximum Gasteiger partial charge on any atom is 0.190 e. The number of guanidine groups is 1. The van der Waals surface area contributed by atoms with Crippen LogP contribution in [0, 0.1) is 0 Å². The minimum Gasteiger partial charge on any atom is -0.497 e. The number of hydrogen-bond donors (Lipinski definition) is 2. The monoisotopic (exact) mass is 368 g/mol. The summed E-state index contributed by atoms with van der Waals surface area (Å²) in [6.07, 6.45) is 2.02. The van der Waals surface area contributed by atoms with Crippen LogP contribution in [0.4, 0.5) is 0 Å². The summed E-state index contributed by atoms with van der Waals surface area (Å²) in [5, 5.41) is 6.75. The van der Waals surface area contributed by atoms with Gasteiger partial charge in [-0.15, -0.1) is 0 Å². The van der Waals surface area contributed by atoms with E-state index < -0.39 is 0 Å². The number of nitrogens with zero attached hydrogens (tertiary/aromatic N) is 2. The van der Waals surface area contributed by atoms with E-state index in [-0.39, 0.29) is 0 Å². The van der Waals surface area contributed by atoms with Gasteiger partial charge in [0.25, 0.3) is 0 Å². The lowest BCUT2D eigenvalue weighted by Gasteiger charge is -2.17. The second kappa shape index (κ2) is 12.0. The highest BCUT2D eigenvalue weighted by Crippen LogP contribution is 2.11. The normalized spacial score (nSPS) is 11.5. The molecule has 0 amide bonds. The van der Waals surface area contributed by atoms with Crippen molar-refractivity contribution < 1.29 is 4.74 Å². The summed E-state index contributed by atoms with van der Waals surface area (Å²) in [5.41, 5.74) is 2.63. The molecule has 2 aromatic carbocycles. The smallest absolute Gasteiger partial charge is 0.190 e. The van der Waals surface area contributed by atoms with E-state index in [4.69, 9.17) is 4.74 Å². The molecular weight excluding hydrogens is 336 g/mol. The first-order chi connectivity index (χ1) is 13.2. The van der Waals surface area contributed by atoms with Crippen molar-refractivity contribution in [1.29, 1.82) is 0 Å². The first-order valence-corrected chi connectivity index (χ1v) is 9.51. The molecule has 0 bridgehead atoms. The van der Waals surface area contributed by atoms with E-state index in [9.17, 15) is 0 Å². The zero-order valence-electron chi connectivity index (χ0n) is 16.7. The van der Waals surface area contributed by atoms with Crippen molar-refractivity contribution in [3.63, 3.8) is 0 Å². The topological polar surface area (TPSA) is 48.9 Å². The molecule has 5 heteroatoms. The van der Waals surface area contributed by atoms with E-state index in [1.165, 1.54) is 11.1 Å². The van der Waals surface area contributed by atoms with Crippen molar-refractivity contribution in [2.45, 2.75) is 19.4 Å². The highest BCUT2D eigenvalue weighted by molar-refractivity contribution is 5.79. The molecule has 0 aliphatic carbocycles. The van der Waals surface area contributed by atoms with Gasteiger partial charge in [0, 0.05) is 26.7 Å². The fourth-order valence-corrected chi connectivity index (χ4v) is 2.87. The summed E-state index contributed by atoms with van der Waals surface area (Å²) in [6.45, 7) is 3.78. The lowest BCUT2D eigenvalue weighted by Crippen LogP contribution is -2.39. The molecular formula is C22H32N4O. The number of nitrogens with one attached hydrogen (secondary N) is 2. The number of ether oxygens (including phenoxy) is 1. The largest absolute Gasteiger partial charge is 0.497 e. The van der Waals surface area contributed by atoms with Crippen LogP contribution in [-0.4, -0.2) is 51.7 Å². The Balaban J connectivity index is 1.59. The van der Waals surface area contributed by atoms with Gasteiger partial charge in [-0.2, -0.15) is 0 Å². The predicted molar refractivity (Wildman–Crippen MR) is 113 cm³/mol. The molecule has 5 nitrogen and oxygen atoms in total. The van der Waals surface area contributed by atoms with Crippen LogP contribution in [0.1, 0.15) is 17.5 Å². The molecule has 0 aromatic heterocycles. The second-order valence-corrected chi connectivity index (χ2v) is 6.60. The van der Waals surface area contributed by atoms with E-state index in [0.29, 0.717) is 0 Å². The molecule has 0 heterocycles. The molecule has 0 fully saturated rings. The summed E-state index contributed by atoms with van der Waals surface area (Å²) in [7, 11) is 5.66. The van der Waals surface area contributed by atoms with Gasteiger partial charge in [-0.3, -0.25) is 4.99 Å². The zero-order valence-corrected chi connectivity index (χ0v) is 16.7. The van der Waals surface area contributed by atoms with Crippen molar-refractivity contribution in [3.05, 3.63) is 65.7 Å². The van der Waals surface area contributed by atoms with Crippen molar-refractivity contribution >= 4 is 5.96 Å². The third kappa shape index (κ3) is 8.13. The van der Waals surface area contributed by atoms with E-state index in [2.05, 4.69) is 70.0 Å².